The Balaban J connectivity index is 1.48. The number of rotatable bonds is 6. The monoisotopic (exact) mass is 404 g/mol. The molecule has 0 saturated heterocycles. The first-order valence-corrected chi connectivity index (χ1v) is 10.1. The molecule has 0 aliphatic rings. The highest BCUT2D eigenvalue weighted by Gasteiger charge is 2.18. The van der Waals surface area contributed by atoms with Gasteiger partial charge in [-0.1, -0.05) is 54.6 Å². The van der Waals surface area contributed by atoms with Crippen LogP contribution in [0.5, 0.6) is 11.5 Å². The molecule has 0 aliphatic heterocycles. The zero-order valence-corrected chi connectivity index (χ0v) is 16.8. The van der Waals surface area contributed by atoms with Crippen LogP contribution in [0.4, 0.5) is 0 Å². The van der Waals surface area contributed by atoms with Gasteiger partial charge in [-0.3, -0.25) is 4.98 Å². The maximum atomic E-state index is 6.19. The van der Waals surface area contributed by atoms with Crippen molar-refractivity contribution in [2.24, 2.45) is 0 Å². The van der Waals surface area contributed by atoms with E-state index < -0.39 is 0 Å². The SMILES string of the molecule is c1ccc([C@@H](c2cccc(Oc3cccc(-c4ncco4)c3)c2)c2ccccn2)cc1. The minimum atomic E-state index is 0.0182. The second kappa shape index (κ2) is 8.67. The van der Waals surface area contributed by atoms with Crippen LogP contribution >= 0.6 is 0 Å². The van der Waals surface area contributed by atoms with E-state index in [-0.39, 0.29) is 5.92 Å². The summed E-state index contributed by atoms with van der Waals surface area (Å²) < 4.78 is 11.6. The van der Waals surface area contributed by atoms with Gasteiger partial charge in [-0.25, -0.2) is 4.98 Å². The highest BCUT2D eigenvalue weighted by atomic mass is 16.5. The molecule has 0 bridgehead atoms. The van der Waals surface area contributed by atoms with Crippen molar-refractivity contribution in [1.29, 1.82) is 0 Å². The van der Waals surface area contributed by atoms with Gasteiger partial charge >= 0.3 is 0 Å². The Hall–Kier alpha value is -4.18. The van der Waals surface area contributed by atoms with E-state index in [4.69, 9.17) is 9.15 Å². The number of aromatic nitrogens is 2. The number of benzene rings is 3. The van der Waals surface area contributed by atoms with Crippen LogP contribution in [-0.4, -0.2) is 9.97 Å². The van der Waals surface area contributed by atoms with Crippen molar-refractivity contribution < 1.29 is 9.15 Å². The van der Waals surface area contributed by atoms with Crippen molar-refractivity contribution in [3.63, 3.8) is 0 Å². The van der Waals surface area contributed by atoms with Gasteiger partial charge < -0.3 is 9.15 Å². The Morgan fingerprint density at radius 1 is 0.645 bits per heavy atom. The highest BCUT2D eigenvalue weighted by Crippen LogP contribution is 2.34. The average molecular weight is 404 g/mol. The third kappa shape index (κ3) is 4.23. The summed E-state index contributed by atoms with van der Waals surface area (Å²) in [4.78, 5) is 8.84. The largest absolute Gasteiger partial charge is 0.457 e. The smallest absolute Gasteiger partial charge is 0.225 e. The Kier molecular flexibility index (Phi) is 5.27. The molecule has 0 spiro atoms. The van der Waals surface area contributed by atoms with Gasteiger partial charge in [-0.2, -0.15) is 0 Å². The normalized spacial score (nSPS) is 11.7. The first-order valence-electron chi connectivity index (χ1n) is 10.1. The summed E-state index contributed by atoms with van der Waals surface area (Å²) in [5, 5.41) is 0. The summed E-state index contributed by atoms with van der Waals surface area (Å²) in [5.41, 5.74) is 4.17. The van der Waals surface area contributed by atoms with Crippen LogP contribution in [0.15, 0.2) is 120 Å². The van der Waals surface area contributed by atoms with Crippen LogP contribution in [0.1, 0.15) is 22.7 Å². The summed E-state index contributed by atoms with van der Waals surface area (Å²) in [6.45, 7) is 0. The van der Waals surface area contributed by atoms with Gasteiger partial charge in [0.15, 0.2) is 0 Å². The molecule has 0 fully saturated rings. The van der Waals surface area contributed by atoms with Crippen LogP contribution in [0.25, 0.3) is 11.5 Å². The number of pyridine rings is 1. The molecule has 3 aromatic carbocycles. The molecule has 1 atom stereocenters. The lowest BCUT2D eigenvalue weighted by Gasteiger charge is -2.18. The van der Waals surface area contributed by atoms with Gasteiger partial charge in [0.1, 0.15) is 17.8 Å². The molecule has 0 saturated carbocycles. The van der Waals surface area contributed by atoms with Crippen LogP contribution in [0.2, 0.25) is 0 Å². The van der Waals surface area contributed by atoms with E-state index in [9.17, 15) is 0 Å². The lowest BCUT2D eigenvalue weighted by Crippen LogP contribution is -2.05. The van der Waals surface area contributed by atoms with E-state index in [0.717, 1.165) is 28.3 Å². The van der Waals surface area contributed by atoms with Crippen LogP contribution in [-0.2, 0) is 0 Å². The summed E-state index contributed by atoms with van der Waals surface area (Å²) in [6, 6.07) is 32.3. The molecular weight excluding hydrogens is 384 g/mol. The van der Waals surface area contributed by atoms with Crippen molar-refractivity contribution in [2.45, 2.75) is 5.92 Å². The van der Waals surface area contributed by atoms with Crippen LogP contribution in [0.3, 0.4) is 0 Å². The molecule has 0 N–H and O–H groups in total. The van der Waals surface area contributed by atoms with Crippen molar-refractivity contribution >= 4 is 0 Å². The molecule has 4 heteroatoms. The predicted molar refractivity (Wildman–Crippen MR) is 120 cm³/mol. The molecule has 31 heavy (non-hydrogen) atoms. The first-order chi connectivity index (χ1) is 15.4. The Bertz CT molecular complexity index is 1210. The molecule has 5 rings (SSSR count). The fourth-order valence-electron chi connectivity index (χ4n) is 3.68. The fraction of sp³-hybridized carbons (Fsp3) is 0.0370. The minimum absolute atomic E-state index is 0.0182. The van der Waals surface area contributed by atoms with E-state index in [2.05, 4.69) is 52.4 Å². The van der Waals surface area contributed by atoms with E-state index in [0.29, 0.717) is 5.89 Å². The number of ether oxygens (including phenoxy) is 1. The zero-order chi connectivity index (χ0) is 20.9. The summed E-state index contributed by atoms with van der Waals surface area (Å²) >= 11 is 0. The van der Waals surface area contributed by atoms with Crippen molar-refractivity contribution in [2.75, 3.05) is 0 Å². The average Bonchev–Trinajstić information content (AvgIpc) is 3.37. The second-order valence-electron chi connectivity index (χ2n) is 7.14. The highest BCUT2D eigenvalue weighted by molar-refractivity contribution is 5.56. The summed E-state index contributed by atoms with van der Waals surface area (Å²) in [5.74, 6) is 2.07. The number of nitrogens with zero attached hydrogens (tertiary/aromatic N) is 2. The molecule has 4 nitrogen and oxygen atoms in total. The third-order valence-corrected chi connectivity index (χ3v) is 5.06. The van der Waals surface area contributed by atoms with E-state index in [1.54, 1.807) is 12.5 Å². The molecule has 0 amide bonds. The molecular formula is C27H20N2O2. The van der Waals surface area contributed by atoms with Gasteiger partial charge in [0.2, 0.25) is 5.89 Å². The molecule has 0 radical (unpaired) electrons. The standard InChI is InChI=1S/C27H20N2O2/c1-2-8-20(9-3-1)26(25-14-4-5-15-28-25)21-10-6-12-23(18-21)31-24-13-7-11-22(19-24)27-29-16-17-30-27/h1-19,26H/t26-/m0/s1. The number of hydrogen-bond donors (Lipinski definition) is 0. The van der Waals surface area contributed by atoms with Crippen LogP contribution in [0, 0.1) is 0 Å². The summed E-state index contributed by atoms with van der Waals surface area (Å²) in [7, 11) is 0. The van der Waals surface area contributed by atoms with E-state index in [1.165, 1.54) is 5.56 Å². The maximum Gasteiger partial charge on any atom is 0.225 e. The Labute approximate surface area is 180 Å². The van der Waals surface area contributed by atoms with Crippen molar-refractivity contribution in [3.05, 3.63) is 133 Å². The number of hydrogen-bond acceptors (Lipinski definition) is 4. The molecule has 2 aromatic heterocycles. The predicted octanol–water partition coefficient (Wildman–Crippen LogP) is 6.71. The third-order valence-electron chi connectivity index (χ3n) is 5.06. The number of oxazole rings is 1. The molecule has 5 aromatic rings. The minimum Gasteiger partial charge on any atom is -0.457 e. The van der Waals surface area contributed by atoms with Gasteiger partial charge in [0, 0.05) is 11.8 Å². The van der Waals surface area contributed by atoms with Crippen LogP contribution < -0.4 is 4.74 Å². The van der Waals surface area contributed by atoms with E-state index >= 15 is 0 Å². The van der Waals surface area contributed by atoms with Gasteiger partial charge in [0.25, 0.3) is 0 Å². The molecule has 150 valence electrons. The first kappa shape index (κ1) is 18.8. The molecule has 0 unspecified atom stereocenters. The lowest BCUT2D eigenvalue weighted by atomic mass is 9.88. The van der Waals surface area contributed by atoms with Gasteiger partial charge in [-0.05, 0) is 53.6 Å². The second-order valence-corrected chi connectivity index (χ2v) is 7.14. The Morgan fingerprint density at radius 3 is 2.19 bits per heavy atom. The van der Waals surface area contributed by atoms with E-state index in [1.807, 2.05) is 60.8 Å². The zero-order valence-electron chi connectivity index (χ0n) is 16.8. The fourth-order valence-corrected chi connectivity index (χ4v) is 3.68. The Morgan fingerprint density at radius 2 is 1.42 bits per heavy atom. The van der Waals surface area contributed by atoms with Crippen molar-refractivity contribution in [3.8, 4) is 23.0 Å². The molecule has 2 heterocycles. The van der Waals surface area contributed by atoms with Crippen molar-refractivity contribution in [1.82, 2.24) is 9.97 Å². The maximum absolute atomic E-state index is 6.19. The van der Waals surface area contributed by atoms with Gasteiger partial charge in [0.05, 0.1) is 17.8 Å². The molecule has 0 aliphatic carbocycles. The quantitative estimate of drug-likeness (QED) is 0.316. The summed E-state index contributed by atoms with van der Waals surface area (Å²) in [6.07, 6.45) is 5.03. The van der Waals surface area contributed by atoms with Gasteiger partial charge in [-0.15, -0.1) is 0 Å². The topological polar surface area (TPSA) is 48.2 Å². The lowest BCUT2D eigenvalue weighted by molar-refractivity contribution is 0.481.